The van der Waals surface area contributed by atoms with Gasteiger partial charge in [-0.2, -0.15) is 13.2 Å². The average molecular weight is 712 g/mol. The van der Waals surface area contributed by atoms with Crippen molar-refractivity contribution in [3.05, 3.63) is 59.7 Å². The molecule has 0 bridgehead atoms. The molecule has 9 heteroatoms. The number of ether oxygens (including phenoxy) is 2. The number of hydrogen-bond acceptors (Lipinski definition) is 5. The Morgan fingerprint density at radius 2 is 0.940 bits per heavy atom. The van der Waals surface area contributed by atoms with E-state index in [1.165, 1.54) is 25.0 Å². The summed E-state index contributed by atoms with van der Waals surface area (Å²) in [5.41, 5.74) is 0.914. The predicted molar refractivity (Wildman–Crippen MR) is 201 cm³/mol. The third kappa shape index (κ3) is 24.1. The summed E-state index contributed by atoms with van der Waals surface area (Å²) >= 11 is 0. The van der Waals surface area contributed by atoms with Gasteiger partial charge in [0, 0.05) is 5.41 Å². The summed E-state index contributed by atoms with van der Waals surface area (Å²) in [5.74, 6) is 2.56. The molecule has 288 valence electrons. The van der Waals surface area contributed by atoms with E-state index in [0.29, 0.717) is 11.8 Å². The van der Waals surface area contributed by atoms with Gasteiger partial charge in [-0.1, -0.05) is 86.6 Å². The van der Waals surface area contributed by atoms with Gasteiger partial charge in [0.2, 0.25) is 0 Å². The number of Topliss-reactive ketones (excluding diaryl/α,β-unsaturated/α-hetero) is 1. The molecular weight excluding hydrogens is 643 g/mol. The number of rotatable bonds is 14. The number of nitrogens with zero attached hydrogens (tertiary/aromatic N) is 1. The molecule has 2 aromatic carbocycles. The van der Waals surface area contributed by atoms with Crippen LogP contribution in [0, 0.1) is 17.3 Å². The molecule has 0 radical (unpaired) electrons. The molecular formula is C41H68F3NO5. The van der Waals surface area contributed by atoms with Gasteiger partial charge in [-0.25, -0.2) is 0 Å². The predicted octanol–water partition coefficient (Wildman–Crippen LogP) is 11.2. The first-order valence-electron chi connectivity index (χ1n) is 17.7. The quantitative estimate of drug-likeness (QED) is 0.210. The Morgan fingerprint density at radius 1 is 0.660 bits per heavy atom. The zero-order valence-electron chi connectivity index (χ0n) is 33.6. The molecule has 1 N–H and O–H groups in total. The molecule has 0 atom stereocenters. The van der Waals surface area contributed by atoms with Crippen LogP contribution in [0.5, 0.6) is 11.5 Å². The fraction of sp³-hybridized carbons (Fsp3) is 0.659. The maximum atomic E-state index is 11.6. The maximum Gasteiger partial charge on any atom is 0.393 e. The van der Waals surface area contributed by atoms with E-state index < -0.39 is 17.6 Å². The van der Waals surface area contributed by atoms with E-state index in [-0.39, 0.29) is 30.0 Å². The Labute approximate surface area is 302 Å². The normalized spacial score (nSPS) is 11.7. The Bertz CT molecular complexity index is 1110. The Morgan fingerprint density at radius 3 is 1.14 bits per heavy atom. The van der Waals surface area contributed by atoms with Crippen molar-refractivity contribution in [2.24, 2.45) is 17.3 Å². The lowest BCUT2D eigenvalue weighted by Crippen LogP contribution is -2.32. The number of alkyl halides is 3. The molecule has 0 aliphatic carbocycles. The van der Waals surface area contributed by atoms with Crippen LogP contribution < -0.4 is 9.47 Å². The van der Waals surface area contributed by atoms with Crippen LogP contribution in [0.4, 0.5) is 13.2 Å². The van der Waals surface area contributed by atoms with Crippen LogP contribution in [0.1, 0.15) is 128 Å². The molecule has 2 aromatic rings. The third-order valence-corrected chi connectivity index (χ3v) is 7.15. The van der Waals surface area contributed by atoms with E-state index in [2.05, 4.69) is 65.8 Å². The highest BCUT2D eigenvalue weighted by Crippen LogP contribution is 2.36. The zero-order chi connectivity index (χ0) is 39.5. The first kappa shape index (κ1) is 49.0. The van der Waals surface area contributed by atoms with Crippen LogP contribution in [0.15, 0.2) is 48.5 Å². The summed E-state index contributed by atoms with van der Waals surface area (Å²) in [5, 5.41) is 8.77. The first-order chi connectivity index (χ1) is 22.7. The van der Waals surface area contributed by atoms with E-state index in [9.17, 15) is 22.8 Å². The first-order valence-corrected chi connectivity index (χ1v) is 17.7. The Hall–Kier alpha value is -3.07. The van der Waals surface area contributed by atoms with Crippen molar-refractivity contribution in [2.45, 2.75) is 140 Å². The lowest BCUT2D eigenvalue weighted by atomic mass is 9.78. The number of benzene rings is 2. The third-order valence-electron chi connectivity index (χ3n) is 7.15. The molecule has 0 aromatic heterocycles. The molecule has 6 nitrogen and oxygen atoms in total. The largest absolute Gasteiger partial charge is 0.491 e. The molecule has 0 heterocycles. The second kappa shape index (κ2) is 23.4. The van der Waals surface area contributed by atoms with Crippen LogP contribution in [-0.2, 0) is 15.0 Å². The fourth-order valence-corrected chi connectivity index (χ4v) is 3.95. The maximum absolute atomic E-state index is 11.6. The number of carboxylic acids is 1. The summed E-state index contributed by atoms with van der Waals surface area (Å²) in [7, 11) is 0. The van der Waals surface area contributed by atoms with Crippen molar-refractivity contribution in [3.8, 4) is 11.5 Å². The minimum atomic E-state index is -4.06. The van der Waals surface area contributed by atoms with Gasteiger partial charge in [0.1, 0.15) is 17.3 Å². The SMILES string of the molecule is CC(C)(C)C(F)(F)F.CC(C)=O.CC(C)CCN(CCC(C)C)CC(=O)O.CC(C)Oc1ccc(C(C)(C)c2ccc(OC(C)C)cc2)cc1. The van der Waals surface area contributed by atoms with E-state index in [1.54, 1.807) is 0 Å². The Balaban J connectivity index is 0. The highest BCUT2D eigenvalue weighted by Gasteiger charge is 2.42. The Kier molecular flexibility index (Phi) is 23.0. The molecule has 0 saturated heterocycles. The smallest absolute Gasteiger partial charge is 0.393 e. The molecule has 2 rings (SSSR count). The van der Waals surface area contributed by atoms with Crippen LogP contribution >= 0.6 is 0 Å². The van der Waals surface area contributed by atoms with E-state index in [1.807, 2.05) is 56.9 Å². The standard InChI is InChI=1S/C21H28O2.C12H25NO2.C5H9F3.C3H6O/c1-15(2)22-19-11-7-17(8-12-19)21(5,6)18-9-13-20(14-10-18)23-16(3)4;1-10(2)5-7-13(9-12(14)15)8-6-11(3)4;1-4(2,3)5(6,7)8;1-3(2)4/h7-16H,1-6H3;10-11H,5-9H2,1-4H3,(H,14,15);1-3H3;1-2H3. The van der Waals surface area contributed by atoms with Gasteiger partial charge < -0.3 is 19.4 Å². The van der Waals surface area contributed by atoms with Gasteiger partial charge in [0.15, 0.2) is 0 Å². The lowest BCUT2D eigenvalue weighted by molar-refractivity contribution is -0.204. The van der Waals surface area contributed by atoms with Crippen molar-refractivity contribution in [3.63, 3.8) is 0 Å². The van der Waals surface area contributed by atoms with E-state index >= 15 is 0 Å². The zero-order valence-corrected chi connectivity index (χ0v) is 33.6. The number of carboxylic acid groups (broad SMARTS) is 1. The van der Waals surface area contributed by atoms with E-state index in [0.717, 1.165) is 58.2 Å². The van der Waals surface area contributed by atoms with Crippen molar-refractivity contribution in [2.75, 3.05) is 19.6 Å². The second-order valence-electron chi connectivity index (χ2n) is 15.7. The van der Waals surface area contributed by atoms with Gasteiger partial charge in [0.25, 0.3) is 0 Å². The number of carbonyl (C=O) groups excluding carboxylic acids is 1. The number of aliphatic carboxylic acids is 1. The molecule has 0 aliphatic heterocycles. The average Bonchev–Trinajstić information content (AvgIpc) is 2.93. The molecule has 0 amide bonds. The number of ketones is 1. The molecule has 0 unspecified atom stereocenters. The number of halogens is 3. The molecule has 0 fully saturated rings. The van der Waals surface area contributed by atoms with Gasteiger partial charge in [-0.05, 0) is 115 Å². The minimum Gasteiger partial charge on any atom is -0.491 e. The molecule has 0 spiro atoms. The van der Waals surface area contributed by atoms with Crippen LogP contribution in [-0.4, -0.2) is 59.8 Å². The monoisotopic (exact) mass is 712 g/mol. The number of hydrogen-bond donors (Lipinski definition) is 1. The summed E-state index contributed by atoms with van der Waals surface area (Å²) in [6.45, 7) is 29.8. The highest BCUT2D eigenvalue weighted by atomic mass is 19.4. The minimum absolute atomic E-state index is 0.0628. The molecule has 0 saturated carbocycles. The van der Waals surface area contributed by atoms with Crippen LogP contribution in [0.2, 0.25) is 0 Å². The van der Waals surface area contributed by atoms with Gasteiger partial charge in [-0.15, -0.1) is 0 Å². The summed E-state index contributed by atoms with van der Waals surface area (Å²) in [6.07, 6.45) is -1.52. The number of carbonyl (C=O) groups is 2. The summed E-state index contributed by atoms with van der Waals surface area (Å²) in [6, 6.07) is 16.8. The van der Waals surface area contributed by atoms with Crippen LogP contribution in [0.3, 0.4) is 0 Å². The van der Waals surface area contributed by atoms with Gasteiger partial charge in [-0.3, -0.25) is 9.69 Å². The summed E-state index contributed by atoms with van der Waals surface area (Å²) in [4.78, 5) is 22.1. The van der Waals surface area contributed by atoms with Crippen molar-refractivity contribution >= 4 is 11.8 Å². The molecule has 50 heavy (non-hydrogen) atoms. The fourth-order valence-electron chi connectivity index (χ4n) is 3.95. The highest BCUT2D eigenvalue weighted by molar-refractivity contribution is 5.72. The molecule has 0 aliphatic rings. The van der Waals surface area contributed by atoms with Crippen molar-refractivity contribution in [1.82, 2.24) is 4.90 Å². The summed E-state index contributed by atoms with van der Waals surface area (Å²) < 4.78 is 46.1. The van der Waals surface area contributed by atoms with Crippen LogP contribution in [0.25, 0.3) is 0 Å². The lowest BCUT2D eigenvalue weighted by Gasteiger charge is -2.26. The van der Waals surface area contributed by atoms with Gasteiger partial charge in [0.05, 0.1) is 24.2 Å². The van der Waals surface area contributed by atoms with E-state index in [4.69, 9.17) is 14.6 Å². The van der Waals surface area contributed by atoms with Gasteiger partial charge >= 0.3 is 12.1 Å². The van der Waals surface area contributed by atoms with Crippen molar-refractivity contribution < 1.29 is 37.3 Å². The topological polar surface area (TPSA) is 76.1 Å². The van der Waals surface area contributed by atoms with Crippen molar-refractivity contribution in [1.29, 1.82) is 0 Å². The second-order valence-corrected chi connectivity index (χ2v) is 15.7.